The van der Waals surface area contributed by atoms with Gasteiger partial charge in [0, 0.05) is 25.8 Å². The number of allylic oxidation sites excluding steroid dienone is 1. The molecule has 0 spiro atoms. The SMILES string of the molecule is CCCCCCC1[C-]=Cc2ccccc21.[Hf]. The summed E-state index contributed by atoms with van der Waals surface area (Å²) in [6.07, 6.45) is 12.3. The molecule has 0 saturated carbocycles. The van der Waals surface area contributed by atoms with Crippen LogP contribution in [0.2, 0.25) is 0 Å². The largest absolute Gasteiger partial charge is 0.268 e. The van der Waals surface area contributed by atoms with Crippen LogP contribution in [0.15, 0.2) is 24.3 Å². The van der Waals surface area contributed by atoms with E-state index in [1.165, 1.54) is 43.2 Å². The second-order valence-corrected chi connectivity index (χ2v) is 4.34. The van der Waals surface area contributed by atoms with Crippen LogP contribution in [0.3, 0.4) is 0 Å². The second-order valence-electron chi connectivity index (χ2n) is 4.34. The van der Waals surface area contributed by atoms with Gasteiger partial charge in [-0.15, -0.1) is 11.6 Å². The molecule has 84 valence electrons. The van der Waals surface area contributed by atoms with E-state index >= 15 is 0 Å². The Balaban J connectivity index is 0.00000128. The number of fused-ring (bicyclic) bond motifs is 1. The molecule has 0 nitrogen and oxygen atoms in total. The average Bonchev–Trinajstić information content (AvgIpc) is 2.68. The molecule has 1 unspecified atom stereocenters. The van der Waals surface area contributed by atoms with Crippen LogP contribution in [0.1, 0.15) is 56.1 Å². The van der Waals surface area contributed by atoms with Gasteiger partial charge in [-0.25, -0.2) is 6.08 Å². The van der Waals surface area contributed by atoms with Gasteiger partial charge in [0.15, 0.2) is 0 Å². The van der Waals surface area contributed by atoms with Gasteiger partial charge in [0.2, 0.25) is 0 Å². The topological polar surface area (TPSA) is 0 Å². The van der Waals surface area contributed by atoms with Crippen LogP contribution in [0, 0.1) is 6.08 Å². The Morgan fingerprint density at radius 2 is 1.94 bits per heavy atom. The Bertz CT molecular complexity index is 341. The van der Waals surface area contributed by atoms with Gasteiger partial charge in [-0.05, 0) is 0 Å². The van der Waals surface area contributed by atoms with Crippen molar-refractivity contribution in [2.24, 2.45) is 0 Å². The van der Waals surface area contributed by atoms with Crippen molar-refractivity contribution < 1.29 is 25.8 Å². The number of unbranched alkanes of at least 4 members (excludes halogenated alkanes) is 3. The Morgan fingerprint density at radius 3 is 2.75 bits per heavy atom. The van der Waals surface area contributed by atoms with E-state index < -0.39 is 0 Å². The van der Waals surface area contributed by atoms with E-state index in [1.807, 2.05) is 0 Å². The van der Waals surface area contributed by atoms with E-state index in [1.54, 1.807) is 0 Å². The van der Waals surface area contributed by atoms with Gasteiger partial charge in [0.05, 0.1) is 0 Å². The van der Waals surface area contributed by atoms with Crippen molar-refractivity contribution in [3.05, 3.63) is 41.5 Å². The molecular formula is C15H19Hf-. The zero-order valence-electron chi connectivity index (χ0n) is 10.00. The van der Waals surface area contributed by atoms with Crippen molar-refractivity contribution >= 4 is 6.08 Å². The summed E-state index contributed by atoms with van der Waals surface area (Å²) in [5.41, 5.74) is 2.85. The van der Waals surface area contributed by atoms with Crippen molar-refractivity contribution in [1.29, 1.82) is 0 Å². The van der Waals surface area contributed by atoms with E-state index in [0.29, 0.717) is 5.92 Å². The molecule has 0 N–H and O–H groups in total. The molecule has 1 heteroatoms. The molecule has 2 rings (SSSR count). The predicted octanol–water partition coefficient (Wildman–Crippen LogP) is 4.57. The van der Waals surface area contributed by atoms with Crippen molar-refractivity contribution in [3.8, 4) is 0 Å². The third-order valence-electron chi connectivity index (χ3n) is 3.16. The Labute approximate surface area is 118 Å². The van der Waals surface area contributed by atoms with Crippen molar-refractivity contribution in [3.63, 3.8) is 0 Å². The quantitative estimate of drug-likeness (QED) is 0.400. The zero-order chi connectivity index (χ0) is 10.5. The third kappa shape index (κ3) is 3.41. The minimum atomic E-state index is 0. The van der Waals surface area contributed by atoms with Crippen LogP contribution in [0.25, 0.3) is 6.08 Å². The molecule has 0 aromatic heterocycles. The number of benzene rings is 1. The minimum Gasteiger partial charge on any atom is -0.268 e. The van der Waals surface area contributed by atoms with Gasteiger partial charge in [0.25, 0.3) is 0 Å². The molecule has 1 aromatic carbocycles. The maximum Gasteiger partial charge on any atom is 0 e. The van der Waals surface area contributed by atoms with E-state index in [2.05, 4.69) is 43.3 Å². The van der Waals surface area contributed by atoms with Crippen LogP contribution < -0.4 is 0 Å². The summed E-state index contributed by atoms with van der Waals surface area (Å²) in [4.78, 5) is 0. The fraction of sp³-hybridized carbons (Fsp3) is 0.467. The molecule has 1 atom stereocenters. The molecule has 0 heterocycles. The standard InChI is InChI=1S/C15H19.Hf/c1-2-3-4-5-8-13-11-12-14-9-6-7-10-15(13)14;/h6-7,9-10,12-13H,2-5,8H2,1H3;/q-1;. The monoisotopic (exact) mass is 379 g/mol. The fourth-order valence-electron chi connectivity index (χ4n) is 2.25. The number of hydrogen-bond donors (Lipinski definition) is 0. The van der Waals surface area contributed by atoms with E-state index in [-0.39, 0.29) is 25.8 Å². The summed E-state index contributed by atoms with van der Waals surface area (Å²) < 4.78 is 0. The van der Waals surface area contributed by atoms with Crippen LogP contribution in [0.4, 0.5) is 0 Å². The number of rotatable bonds is 5. The van der Waals surface area contributed by atoms with Gasteiger partial charge in [0.1, 0.15) is 0 Å². The molecule has 1 aromatic rings. The summed E-state index contributed by atoms with van der Waals surface area (Å²) in [5.74, 6) is 0.568. The van der Waals surface area contributed by atoms with Crippen LogP contribution in [-0.2, 0) is 25.8 Å². The summed E-state index contributed by atoms with van der Waals surface area (Å²) in [6, 6.07) is 8.68. The smallest absolute Gasteiger partial charge is 0 e. The van der Waals surface area contributed by atoms with Crippen LogP contribution >= 0.6 is 0 Å². The van der Waals surface area contributed by atoms with Gasteiger partial charge >= 0.3 is 0 Å². The van der Waals surface area contributed by atoms with Crippen LogP contribution in [0.5, 0.6) is 0 Å². The first kappa shape index (κ1) is 13.9. The summed E-state index contributed by atoms with van der Waals surface area (Å²) in [7, 11) is 0. The van der Waals surface area contributed by atoms with Crippen molar-refractivity contribution in [2.75, 3.05) is 0 Å². The molecule has 0 saturated heterocycles. The molecule has 0 radical (unpaired) electrons. The third-order valence-corrected chi connectivity index (χ3v) is 3.16. The molecular weight excluding hydrogens is 359 g/mol. The minimum absolute atomic E-state index is 0. The molecule has 0 amide bonds. The molecule has 1 aliphatic rings. The van der Waals surface area contributed by atoms with Gasteiger partial charge in [-0.2, -0.15) is 5.56 Å². The maximum absolute atomic E-state index is 3.47. The molecule has 16 heavy (non-hydrogen) atoms. The zero-order valence-corrected chi connectivity index (χ0v) is 13.6. The summed E-state index contributed by atoms with van der Waals surface area (Å²) in [5, 5.41) is 0. The first-order valence-electron chi connectivity index (χ1n) is 6.10. The molecule has 0 aliphatic heterocycles. The average molecular weight is 378 g/mol. The van der Waals surface area contributed by atoms with Crippen molar-refractivity contribution in [2.45, 2.75) is 44.9 Å². The fourth-order valence-corrected chi connectivity index (χ4v) is 2.25. The van der Waals surface area contributed by atoms with Gasteiger partial charge in [-0.3, -0.25) is 6.08 Å². The molecule has 0 bridgehead atoms. The summed E-state index contributed by atoms with van der Waals surface area (Å²) >= 11 is 0. The Kier molecular flexibility index (Phi) is 6.26. The van der Waals surface area contributed by atoms with Gasteiger partial charge in [-0.1, -0.05) is 63.1 Å². The Morgan fingerprint density at radius 1 is 1.12 bits per heavy atom. The maximum atomic E-state index is 3.47. The van der Waals surface area contributed by atoms with E-state index in [0.717, 1.165) is 0 Å². The first-order valence-corrected chi connectivity index (χ1v) is 6.10. The molecule has 0 fully saturated rings. The van der Waals surface area contributed by atoms with E-state index in [4.69, 9.17) is 0 Å². The van der Waals surface area contributed by atoms with Crippen LogP contribution in [-0.4, -0.2) is 0 Å². The first-order chi connectivity index (χ1) is 7.42. The predicted molar refractivity (Wildman–Crippen MR) is 65.6 cm³/mol. The van der Waals surface area contributed by atoms with E-state index in [9.17, 15) is 0 Å². The Hall–Kier alpha value is -0.170. The summed E-state index contributed by atoms with van der Waals surface area (Å²) in [6.45, 7) is 2.26. The molecule has 1 aliphatic carbocycles. The number of hydrogen-bond acceptors (Lipinski definition) is 0. The normalized spacial score (nSPS) is 16.9. The second kappa shape index (κ2) is 7.21. The van der Waals surface area contributed by atoms with Gasteiger partial charge < -0.3 is 0 Å². The van der Waals surface area contributed by atoms with Crippen molar-refractivity contribution in [1.82, 2.24) is 0 Å².